The van der Waals surface area contributed by atoms with Crippen LogP contribution in [0.4, 0.5) is 5.82 Å². The molecule has 2 N–H and O–H groups in total. The number of methoxy groups -OCH3 is 1. The van der Waals surface area contributed by atoms with Crippen molar-refractivity contribution in [2.45, 2.75) is 19.5 Å². The lowest BCUT2D eigenvalue weighted by Gasteiger charge is -2.26. The summed E-state index contributed by atoms with van der Waals surface area (Å²) in [6, 6.07) is 17.5. The Bertz CT molecular complexity index is 919. The molecule has 0 spiro atoms. The summed E-state index contributed by atoms with van der Waals surface area (Å²) < 4.78 is 5.13. The quantitative estimate of drug-likeness (QED) is 0.731. The van der Waals surface area contributed by atoms with E-state index in [1.165, 1.54) is 5.56 Å². The third-order valence-electron chi connectivity index (χ3n) is 4.85. The molecular weight excluding hydrogens is 340 g/mol. The van der Waals surface area contributed by atoms with Crippen LogP contribution < -0.4 is 10.1 Å². The minimum atomic E-state index is -0.168. The van der Waals surface area contributed by atoms with E-state index in [9.17, 15) is 4.79 Å². The Hall–Kier alpha value is -3.12. The third-order valence-corrected chi connectivity index (χ3v) is 4.85. The average molecular weight is 362 g/mol. The van der Waals surface area contributed by atoms with Gasteiger partial charge in [-0.1, -0.05) is 30.3 Å². The minimum absolute atomic E-state index is 0.168. The summed E-state index contributed by atoms with van der Waals surface area (Å²) in [7, 11) is 1.60. The highest BCUT2D eigenvalue weighted by Crippen LogP contribution is 2.25. The molecule has 2 aromatic carbocycles. The van der Waals surface area contributed by atoms with E-state index in [-0.39, 0.29) is 5.91 Å². The monoisotopic (exact) mass is 362 g/mol. The van der Waals surface area contributed by atoms with E-state index in [4.69, 9.17) is 4.74 Å². The number of amides is 1. The molecule has 1 aliphatic rings. The van der Waals surface area contributed by atoms with Crippen LogP contribution in [0.25, 0.3) is 0 Å². The first-order valence-corrected chi connectivity index (χ1v) is 9.01. The highest BCUT2D eigenvalue weighted by Gasteiger charge is 2.23. The maximum absolute atomic E-state index is 12.5. The summed E-state index contributed by atoms with van der Waals surface area (Å²) in [5.41, 5.74) is 4.05. The van der Waals surface area contributed by atoms with E-state index < -0.39 is 0 Å². The molecule has 6 heteroatoms. The van der Waals surface area contributed by atoms with Gasteiger partial charge in [0.05, 0.1) is 12.8 Å². The largest absolute Gasteiger partial charge is 0.497 e. The van der Waals surface area contributed by atoms with E-state index in [0.29, 0.717) is 11.4 Å². The van der Waals surface area contributed by atoms with Crippen molar-refractivity contribution in [3.8, 4) is 5.75 Å². The van der Waals surface area contributed by atoms with Crippen molar-refractivity contribution in [1.82, 2.24) is 15.1 Å². The fourth-order valence-corrected chi connectivity index (χ4v) is 3.38. The Morgan fingerprint density at radius 3 is 2.70 bits per heavy atom. The number of benzene rings is 2. The Morgan fingerprint density at radius 2 is 1.96 bits per heavy atom. The first-order chi connectivity index (χ1) is 13.2. The molecule has 27 heavy (non-hydrogen) atoms. The average Bonchev–Trinajstić information content (AvgIpc) is 3.11. The zero-order valence-corrected chi connectivity index (χ0v) is 15.2. The van der Waals surface area contributed by atoms with Gasteiger partial charge in [0.1, 0.15) is 5.75 Å². The van der Waals surface area contributed by atoms with Crippen LogP contribution in [0, 0.1) is 0 Å². The van der Waals surface area contributed by atoms with Gasteiger partial charge in [-0.3, -0.25) is 14.8 Å². The number of hydrogen-bond donors (Lipinski definition) is 2. The first kappa shape index (κ1) is 17.3. The zero-order valence-electron chi connectivity index (χ0n) is 15.2. The molecule has 0 unspecified atom stereocenters. The van der Waals surface area contributed by atoms with Crippen molar-refractivity contribution in [2.75, 3.05) is 19.0 Å². The number of carbonyl (C=O) groups excluding carboxylic acids is 1. The van der Waals surface area contributed by atoms with Gasteiger partial charge in [0.2, 0.25) is 0 Å². The number of nitrogens with one attached hydrogen (secondary N) is 2. The molecule has 1 amide bonds. The van der Waals surface area contributed by atoms with Crippen molar-refractivity contribution >= 4 is 11.7 Å². The van der Waals surface area contributed by atoms with Gasteiger partial charge < -0.3 is 10.1 Å². The van der Waals surface area contributed by atoms with E-state index in [1.807, 2.05) is 6.07 Å². The molecule has 2 heterocycles. The van der Waals surface area contributed by atoms with Crippen molar-refractivity contribution in [1.29, 1.82) is 0 Å². The lowest BCUT2D eigenvalue weighted by atomic mass is 10.1. The molecule has 4 rings (SSSR count). The van der Waals surface area contributed by atoms with Crippen molar-refractivity contribution < 1.29 is 9.53 Å². The van der Waals surface area contributed by atoms with Gasteiger partial charge in [-0.15, -0.1) is 0 Å². The van der Waals surface area contributed by atoms with Gasteiger partial charge in [0.25, 0.3) is 5.91 Å². The SMILES string of the molecule is COc1ccc(C(=O)Nc2n[nH]c3c2CCN(Cc2ccccc2)C3)cc1. The van der Waals surface area contributed by atoms with Gasteiger partial charge in [0.15, 0.2) is 5.82 Å². The summed E-state index contributed by atoms with van der Waals surface area (Å²) in [6.07, 6.45) is 0.858. The highest BCUT2D eigenvalue weighted by atomic mass is 16.5. The number of rotatable bonds is 5. The molecule has 0 aliphatic carbocycles. The molecule has 0 saturated heterocycles. The number of aromatic nitrogens is 2. The van der Waals surface area contributed by atoms with Crippen LogP contribution in [0.1, 0.15) is 27.2 Å². The second-order valence-corrected chi connectivity index (χ2v) is 6.66. The number of nitrogens with zero attached hydrogens (tertiary/aromatic N) is 2. The second-order valence-electron chi connectivity index (χ2n) is 6.66. The standard InChI is InChI=1S/C21H22N4O2/c1-27-17-9-7-16(8-10-17)21(26)22-20-18-11-12-25(14-19(18)23-24-20)13-15-5-3-2-4-6-15/h2-10H,11-14H2,1H3,(H2,22,23,24,26). The fourth-order valence-electron chi connectivity index (χ4n) is 3.38. The van der Waals surface area contributed by atoms with Crippen molar-refractivity contribution in [3.63, 3.8) is 0 Å². The van der Waals surface area contributed by atoms with Gasteiger partial charge in [-0.05, 0) is 36.2 Å². The molecule has 6 nitrogen and oxygen atoms in total. The summed E-state index contributed by atoms with van der Waals surface area (Å²) in [5.74, 6) is 1.19. The molecule has 0 radical (unpaired) electrons. The van der Waals surface area contributed by atoms with Gasteiger partial charge in [-0.2, -0.15) is 5.10 Å². The van der Waals surface area contributed by atoms with E-state index in [2.05, 4.69) is 44.7 Å². The molecule has 1 aliphatic heterocycles. The number of carbonyl (C=O) groups is 1. The van der Waals surface area contributed by atoms with Crippen LogP contribution in [0.2, 0.25) is 0 Å². The van der Waals surface area contributed by atoms with Crippen LogP contribution in [0.5, 0.6) is 5.75 Å². The Morgan fingerprint density at radius 1 is 1.19 bits per heavy atom. The zero-order chi connectivity index (χ0) is 18.6. The topological polar surface area (TPSA) is 70.2 Å². The predicted molar refractivity (Wildman–Crippen MR) is 104 cm³/mol. The first-order valence-electron chi connectivity index (χ1n) is 9.01. The molecule has 138 valence electrons. The summed E-state index contributed by atoms with van der Waals surface area (Å²) in [4.78, 5) is 14.9. The van der Waals surface area contributed by atoms with E-state index in [1.54, 1.807) is 31.4 Å². The van der Waals surface area contributed by atoms with Crippen LogP contribution in [0.15, 0.2) is 54.6 Å². The van der Waals surface area contributed by atoms with Crippen molar-refractivity contribution in [3.05, 3.63) is 77.0 Å². The van der Waals surface area contributed by atoms with Gasteiger partial charge >= 0.3 is 0 Å². The molecule has 1 aromatic heterocycles. The molecule has 0 bridgehead atoms. The fraction of sp³-hybridized carbons (Fsp3) is 0.238. The molecule has 0 saturated carbocycles. The van der Waals surface area contributed by atoms with Crippen LogP contribution in [0.3, 0.4) is 0 Å². The second kappa shape index (κ2) is 7.63. The number of anilines is 1. The lowest BCUT2D eigenvalue weighted by molar-refractivity contribution is 0.102. The van der Waals surface area contributed by atoms with Gasteiger partial charge in [0, 0.05) is 30.8 Å². The molecule has 3 aromatic rings. The Balaban J connectivity index is 1.42. The maximum atomic E-state index is 12.5. The Kier molecular flexibility index (Phi) is 4.89. The van der Waals surface area contributed by atoms with Crippen LogP contribution in [-0.2, 0) is 19.5 Å². The molecular formula is C21H22N4O2. The number of aromatic amines is 1. The van der Waals surface area contributed by atoms with Crippen molar-refractivity contribution in [2.24, 2.45) is 0 Å². The molecule has 0 fully saturated rings. The number of fused-ring (bicyclic) bond motifs is 1. The normalized spacial score (nSPS) is 13.8. The summed E-state index contributed by atoms with van der Waals surface area (Å²) >= 11 is 0. The summed E-state index contributed by atoms with van der Waals surface area (Å²) in [6.45, 7) is 2.65. The van der Waals surface area contributed by atoms with E-state index in [0.717, 1.165) is 43.1 Å². The number of ether oxygens (including phenoxy) is 1. The Labute approximate surface area is 158 Å². The van der Waals surface area contributed by atoms with E-state index >= 15 is 0 Å². The number of hydrogen-bond acceptors (Lipinski definition) is 4. The number of H-pyrrole nitrogens is 1. The smallest absolute Gasteiger partial charge is 0.256 e. The highest BCUT2D eigenvalue weighted by molar-refractivity contribution is 6.04. The summed E-state index contributed by atoms with van der Waals surface area (Å²) in [5, 5.41) is 10.3. The third kappa shape index (κ3) is 3.85. The predicted octanol–water partition coefficient (Wildman–Crippen LogP) is 3.23. The molecule has 0 atom stereocenters. The van der Waals surface area contributed by atoms with Crippen LogP contribution in [-0.4, -0.2) is 34.7 Å². The minimum Gasteiger partial charge on any atom is -0.497 e. The maximum Gasteiger partial charge on any atom is 0.256 e. The lowest BCUT2D eigenvalue weighted by Crippen LogP contribution is -2.30. The van der Waals surface area contributed by atoms with Crippen LogP contribution >= 0.6 is 0 Å². The van der Waals surface area contributed by atoms with Gasteiger partial charge in [-0.25, -0.2) is 0 Å².